The lowest BCUT2D eigenvalue weighted by Crippen LogP contribution is -2.54. The Morgan fingerprint density at radius 2 is 1.51 bits per heavy atom. The van der Waals surface area contributed by atoms with Crippen LogP contribution >= 0.6 is 15.9 Å². The van der Waals surface area contributed by atoms with Crippen LogP contribution in [0.3, 0.4) is 0 Å². The number of hydrogen-bond donors (Lipinski definition) is 1. The normalized spacial score (nSPS) is 12.5. The Hall–Kier alpha value is -4.15. The quantitative estimate of drug-likeness (QED) is 0.170. The Balaban J connectivity index is 1.81. The molecule has 2 atom stereocenters. The second-order valence-corrected chi connectivity index (χ2v) is 13.5. The zero-order valence-corrected chi connectivity index (χ0v) is 28.0. The van der Waals surface area contributed by atoms with Crippen LogP contribution in [0.25, 0.3) is 0 Å². The fourth-order valence-corrected chi connectivity index (χ4v) is 6.66. The molecule has 0 unspecified atom stereocenters. The van der Waals surface area contributed by atoms with E-state index in [2.05, 4.69) is 21.2 Å². The number of nitrogens with one attached hydrogen (secondary N) is 1. The molecule has 8 nitrogen and oxygen atoms in total. The van der Waals surface area contributed by atoms with Gasteiger partial charge in [-0.15, -0.1) is 0 Å². The van der Waals surface area contributed by atoms with E-state index in [0.29, 0.717) is 22.3 Å². The van der Waals surface area contributed by atoms with Crippen molar-refractivity contribution in [2.24, 2.45) is 0 Å². The first-order valence-electron chi connectivity index (χ1n) is 14.7. The fourth-order valence-electron chi connectivity index (χ4n) is 4.84. The van der Waals surface area contributed by atoms with E-state index in [1.54, 1.807) is 61.7 Å². The maximum absolute atomic E-state index is 14.5. The van der Waals surface area contributed by atoms with Crippen LogP contribution in [0.4, 0.5) is 5.69 Å². The highest BCUT2D eigenvalue weighted by molar-refractivity contribution is 9.10. The zero-order chi connectivity index (χ0) is 32.4. The second-order valence-electron chi connectivity index (χ2n) is 10.7. The first kappa shape index (κ1) is 33.7. The van der Waals surface area contributed by atoms with E-state index in [9.17, 15) is 18.0 Å². The minimum absolute atomic E-state index is 0.0486. The summed E-state index contributed by atoms with van der Waals surface area (Å²) in [6.45, 7) is 3.41. The van der Waals surface area contributed by atoms with Crippen molar-refractivity contribution in [1.82, 2.24) is 10.2 Å². The molecule has 4 rings (SSSR count). The van der Waals surface area contributed by atoms with Gasteiger partial charge in [-0.3, -0.25) is 13.9 Å². The highest BCUT2D eigenvalue weighted by Gasteiger charge is 2.35. The number of carbonyl (C=O) groups excluding carboxylic acids is 2. The fraction of sp³-hybridized carbons (Fsp3) is 0.257. The summed E-state index contributed by atoms with van der Waals surface area (Å²) in [6, 6.07) is 30.5. The Morgan fingerprint density at radius 3 is 2.16 bits per heavy atom. The summed E-state index contributed by atoms with van der Waals surface area (Å²) in [6.07, 6.45) is 0.945. The average molecular weight is 693 g/mol. The molecule has 0 spiro atoms. The monoisotopic (exact) mass is 691 g/mol. The zero-order valence-electron chi connectivity index (χ0n) is 25.6. The van der Waals surface area contributed by atoms with Crippen molar-refractivity contribution in [2.45, 2.75) is 50.2 Å². The third-order valence-corrected chi connectivity index (χ3v) is 9.75. The molecule has 0 saturated heterocycles. The Bertz CT molecular complexity index is 1690. The molecule has 0 bridgehead atoms. The van der Waals surface area contributed by atoms with Gasteiger partial charge in [-0.2, -0.15) is 0 Å². The number of benzene rings is 4. The molecule has 0 fully saturated rings. The maximum atomic E-state index is 14.5. The average Bonchev–Trinajstić information content (AvgIpc) is 3.05. The van der Waals surface area contributed by atoms with E-state index >= 15 is 0 Å². The van der Waals surface area contributed by atoms with Crippen LogP contribution in [0.15, 0.2) is 119 Å². The molecule has 0 aromatic heterocycles. The van der Waals surface area contributed by atoms with Crippen LogP contribution in [0.1, 0.15) is 31.4 Å². The first-order chi connectivity index (χ1) is 21.6. The summed E-state index contributed by atoms with van der Waals surface area (Å²) in [4.78, 5) is 30.0. The number of carbonyl (C=O) groups is 2. The van der Waals surface area contributed by atoms with E-state index in [0.717, 1.165) is 15.4 Å². The molecule has 0 aliphatic carbocycles. The SMILES string of the molecule is CC[C@@H](C)NC(=O)[C@@H](Cc1ccccc1)N(Cc1cccc(OC)c1)C(=O)CN(c1cccc(Br)c1)S(=O)(=O)c1ccccc1. The largest absolute Gasteiger partial charge is 0.497 e. The van der Waals surface area contributed by atoms with Crippen LogP contribution in [-0.2, 0) is 32.6 Å². The van der Waals surface area contributed by atoms with Gasteiger partial charge in [0, 0.05) is 23.5 Å². The molecule has 0 aliphatic rings. The Labute approximate surface area is 274 Å². The number of ether oxygens (including phenoxy) is 1. The highest BCUT2D eigenvalue weighted by atomic mass is 79.9. The second kappa shape index (κ2) is 15.7. The van der Waals surface area contributed by atoms with Gasteiger partial charge in [0.25, 0.3) is 10.0 Å². The van der Waals surface area contributed by atoms with Crippen molar-refractivity contribution in [2.75, 3.05) is 18.0 Å². The molecule has 1 N–H and O–H groups in total. The van der Waals surface area contributed by atoms with Crippen molar-refractivity contribution >= 4 is 43.5 Å². The Morgan fingerprint density at radius 1 is 0.867 bits per heavy atom. The van der Waals surface area contributed by atoms with E-state index in [1.807, 2.05) is 56.3 Å². The lowest BCUT2D eigenvalue weighted by atomic mass is 10.0. The first-order valence-corrected chi connectivity index (χ1v) is 17.0. The van der Waals surface area contributed by atoms with Gasteiger partial charge in [0.2, 0.25) is 11.8 Å². The number of rotatable bonds is 14. The van der Waals surface area contributed by atoms with Gasteiger partial charge in [0.1, 0.15) is 18.3 Å². The lowest BCUT2D eigenvalue weighted by Gasteiger charge is -2.34. The predicted molar refractivity (Wildman–Crippen MR) is 180 cm³/mol. The van der Waals surface area contributed by atoms with Crippen molar-refractivity contribution in [3.8, 4) is 5.75 Å². The number of sulfonamides is 1. The van der Waals surface area contributed by atoms with Gasteiger partial charge < -0.3 is 15.0 Å². The maximum Gasteiger partial charge on any atom is 0.264 e. The molecule has 236 valence electrons. The van der Waals surface area contributed by atoms with Crippen LogP contribution in [-0.4, -0.2) is 50.9 Å². The minimum atomic E-state index is -4.17. The number of hydrogen-bond acceptors (Lipinski definition) is 5. The molecular formula is C35H38BrN3O5S. The molecule has 0 aliphatic heterocycles. The number of anilines is 1. The highest BCUT2D eigenvalue weighted by Crippen LogP contribution is 2.27. The van der Waals surface area contributed by atoms with Crippen molar-refractivity contribution in [1.29, 1.82) is 0 Å². The molecule has 4 aromatic carbocycles. The number of nitrogens with zero attached hydrogens (tertiary/aromatic N) is 2. The third-order valence-electron chi connectivity index (χ3n) is 7.47. The van der Waals surface area contributed by atoms with Crippen molar-refractivity contribution < 1.29 is 22.7 Å². The molecule has 4 aromatic rings. The molecule has 0 heterocycles. The summed E-state index contributed by atoms with van der Waals surface area (Å²) in [7, 11) is -2.61. The van der Waals surface area contributed by atoms with E-state index in [4.69, 9.17) is 4.74 Å². The van der Waals surface area contributed by atoms with E-state index in [-0.39, 0.29) is 29.8 Å². The van der Waals surface area contributed by atoms with Gasteiger partial charge in [-0.05, 0) is 66.9 Å². The van der Waals surface area contributed by atoms with E-state index in [1.165, 1.54) is 17.0 Å². The topological polar surface area (TPSA) is 96.0 Å². The molecule has 45 heavy (non-hydrogen) atoms. The van der Waals surface area contributed by atoms with Crippen molar-refractivity contribution in [3.63, 3.8) is 0 Å². The van der Waals surface area contributed by atoms with Crippen LogP contribution in [0, 0.1) is 0 Å². The number of methoxy groups -OCH3 is 1. The van der Waals surface area contributed by atoms with Gasteiger partial charge in [-0.1, -0.05) is 89.6 Å². The van der Waals surface area contributed by atoms with Crippen LogP contribution in [0.2, 0.25) is 0 Å². The lowest BCUT2D eigenvalue weighted by molar-refractivity contribution is -0.140. The van der Waals surface area contributed by atoms with Crippen molar-refractivity contribution in [3.05, 3.63) is 125 Å². The summed E-state index contributed by atoms with van der Waals surface area (Å²) in [5.74, 6) is -0.243. The Kier molecular flexibility index (Phi) is 11.8. The summed E-state index contributed by atoms with van der Waals surface area (Å²) in [5, 5.41) is 3.05. The molecule has 2 amide bonds. The summed E-state index contributed by atoms with van der Waals surface area (Å²) < 4.78 is 35.3. The number of halogens is 1. The van der Waals surface area contributed by atoms with Gasteiger partial charge in [0.15, 0.2) is 0 Å². The minimum Gasteiger partial charge on any atom is -0.497 e. The number of amides is 2. The molecular weight excluding hydrogens is 654 g/mol. The molecule has 0 saturated carbocycles. The molecule has 10 heteroatoms. The van der Waals surface area contributed by atoms with Crippen LogP contribution in [0.5, 0.6) is 5.75 Å². The standard InChI is InChI=1S/C35H38BrN3O5S/c1-4-26(2)37-35(41)33(22-27-13-7-5-8-14-27)38(24-28-15-11-18-31(21-28)44-3)34(40)25-39(30-17-12-16-29(36)23-30)45(42,43)32-19-9-6-10-20-32/h5-21,23,26,33H,4,22,24-25H2,1-3H3,(H,37,41)/t26-,33-/m1/s1. The molecule has 0 radical (unpaired) electrons. The van der Waals surface area contributed by atoms with E-state index < -0.39 is 28.5 Å². The van der Waals surface area contributed by atoms with Gasteiger partial charge >= 0.3 is 0 Å². The summed E-state index contributed by atoms with van der Waals surface area (Å²) in [5.41, 5.74) is 1.91. The summed E-state index contributed by atoms with van der Waals surface area (Å²) >= 11 is 3.43. The van der Waals surface area contributed by atoms with Gasteiger partial charge in [-0.25, -0.2) is 8.42 Å². The van der Waals surface area contributed by atoms with Crippen LogP contribution < -0.4 is 14.4 Å². The predicted octanol–water partition coefficient (Wildman–Crippen LogP) is 6.21. The smallest absolute Gasteiger partial charge is 0.264 e. The van der Waals surface area contributed by atoms with Gasteiger partial charge in [0.05, 0.1) is 17.7 Å². The third kappa shape index (κ3) is 8.95.